The topological polar surface area (TPSA) is 71.1 Å². The fraction of sp³-hybridized carbons (Fsp3) is 0.409. The third kappa shape index (κ3) is 4.94. The Hall–Kier alpha value is -2.69. The number of nitrogens with one attached hydrogen (secondary N) is 2. The fourth-order valence-electron chi connectivity index (χ4n) is 3.58. The molecular weight excluding hydrogens is 338 g/mol. The quantitative estimate of drug-likeness (QED) is 0.789. The highest BCUT2D eigenvalue weighted by molar-refractivity contribution is 6.06. The van der Waals surface area contributed by atoms with E-state index in [0.717, 1.165) is 42.5 Å². The largest absolute Gasteiger partial charge is 0.349 e. The minimum absolute atomic E-state index is 0.156. The number of carbonyl (C=O) groups is 2. The second-order valence-electron chi connectivity index (χ2n) is 7.35. The molecule has 0 spiro atoms. The number of anilines is 1. The lowest BCUT2D eigenvalue weighted by molar-refractivity contribution is 0.0933. The molecule has 3 rings (SSSR count). The van der Waals surface area contributed by atoms with Crippen molar-refractivity contribution in [3.8, 4) is 0 Å². The van der Waals surface area contributed by atoms with E-state index < -0.39 is 0 Å². The summed E-state index contributed by atoms with van der Waals surface area (Å²) in [6.07, 6.45) is 9.83. The van der Waals surface area contributed by atoms with Gasteiger partial charge >= 0.3 is 0 Å². The van der Waals surface area contributed by atoms with E-state index in [1.54, 1.807) is 6.07 Å². The number of rotatable bonds is 4. The molecule has 1 heterocycles. The van der Waals surface area contributed by atoms with E-state index in [-0.39, 0.29) is 17.9 Å². The van der Waals surface area contributed by atoms with Crippen molar-refractivity contribution in [3.05, 3.63) is 58.9 Å². The summed E-state index contributed by atoms with van der Waals surface area (Å²) in [5, 5.41) is 6.04. The number of benzene rings is 1. The van der Waals surface area contributed by atoms with Gasteiger partial charge in [0.15, 0.2) is 0 Å². The van der Waals surface area contributed by atoms with Crippen LogP contribution in [-0.4, -0.2) is 22.8 Å². The molecular formula is C22H27N3O2. The molecule has 1 aromatic heterocycles. The van der Waals surface area contributed by atoms with Crippen LogP contribution in [0.25, 0.3) is 0 Å². The summed E-state index contributed by atoms with van der Waals surface area (Å²) in [7, 11) is 0. The summed E-state index contributed by atoms with van der Waals surface area (Å²) >= 11 is 0. The minimum Gasteiger partial charge on any atom is -0.349 e. The first-order valence-corrected chi connectivity index (χ1v) is 9.68. The maximum absolute atomic E-state index is 12.6. The van der Waals surface area contributed by atoms with Gasteiger partial charge in [-0.15, -0.1) is 0 Å². The van der Waals surface area contributed by atoms with Crippen LogP contribution in [0.15, 0.2) is 36.7 Å². The number of hydrogen-bond donors (Lipinski definition) is 2. The van der Waals surface area contributed by atoms with E-state index >= 15 is 0 Å². The van der Waals surface area contributed by atoms with Crippen molar-refractivity contribution >= 4 is 17.5 Å². The lowest BCUT2D eigenvalue weighted by Gasteiger charge is -2.16. The molecule has 0 saturated heterocycles. The number of para-hydroxylation sites is 1. The van der Waals surface area contributed by atoms with Gasteiger partial charge in [-0.1, -0.05) is 43.9 Å². The van der Waals surface area contributed by atoms with Gasteiger partial charge in [-0.05, 0) is 43.9 Å². The van der Waals surface area contributed by atoms with Gasteiger partial charge in [0.2, 0.25) is 0 Å². The van der Waals surface area contributed by atoms with Crippen molar-refractivity contribution in [2.45, 2.75) is 58.4 Å². The Labute approximate surface area is 160 Å². The van der Waals surface area contributed by atoms with Gasteiger partial charge in [0.05, 0.1) is 11.1 Å². The number of amides is 2. The molecule has 5 heteroatoms. The van der Waals surface area contributed by atoms with Crippen LogP contribution in [0.2, 0.25) is 0 Å². The van der Waals surface area contributed by atoms with Crippen LogP contribution in [0.3, 0.4) is 0 Å². The summed E-state index contributed by atoms with van der Waals surface area (Å²) in [4.78, 5) is 29.3. The number of aryl methyl sites for hydroxylation is 2. The zero-order chi connectivity index (χ0) is 19.2. The third-order valence-corrected chi connectivity index (χ3v) is 5.17. The molecule has 1 fully saturated rings. The van der Waals surface area contributed by atoms with E-state index in [1.807, 2.05) is 32.0 Å². The average molecular weight is 365 g/mol. The first-order valence-electron chi connectivity index (χ1n) is 9.68. The first-order chi connectivity index (χ1) is 13.0. The smallest absolute Gasteiger partial charge is 0.257 e. The lowest BCUT2D eigenvalue weighted by Crippen LogP contribution is -2.34. The molecule has 27 heavy (non-hydrogen) atoms. The van der Waals surface area contributed by atoms with Gasteiger partial charge in [-0.3, -0.25) is 14.6 Å². The van der Waals surface area contributed by atoms with Crippen molar-refractivity contribution in [1.82, 2.24) is 10.3 Å². The predicted octanol–water partition coefficient (Wildman–Crippen LogP) is 4.40. The lowest BCUT2D eigenvalue weighted by atomic mass is 10.1. The van der Waals surface area contributed by atoms with Crippen molar-refractivity contribution < 1.29 is 9.59 Å². The molecule has 1 saturated carbocycles. The standard InChI is InChI=1S/C22H27N3O2/c1-15-8-7-9-16(2)20(15)25-22(27)18-12-17(13-23-14-18)21(26)24-19-10-5-3-4-6-11-19/h7-9,12-14,19H,3-6,10-11H2,1-2H3,(H,24,26)(H,25,27). The molecule has 1 aliphatic rings. The van der Waals surface area contributed by atoms with Gasteiger partial charge < -0.3 is 10.6 Å². The monoisotopic (exact) mass is 365 g/mol. The Morgan fingerprint density at radius 3 is 2.15 bits per heavy atom. The summed E-state index contributed by atoms with van der Waals surface area (Å²) in [5.74, 6) is -0.417. The second kappa shape index (κ2) is 8.80. The van der Waals surface area contributed by atoms with Gasteiger partial charge in [0, 0.05) is 24.1 Å². The Balaban J connectivity index is 1.70. The zero-order valence-electron chi connectivity index (χ0n) is 16.0. The van der Waals surface area contributed by atoms with E-state index in [0.29, 0.717) is 11.1 Å². The normalized spacial score (nSPS) is 15.0. The molecule has 1 aliphatic carbocycles. The van der Waals surface area contributed by atoms with E-state index in [1.165, 1.54) is 25.2 Å². The number of hydrogen-bond acceptors (Lipinski definition) is 3. The Bertz CT molecular complexity index is 804. The zero-order valence-corrected chi connectivity index (χ0v) is 16.0. The SMILES string of the molecule is Cc1cccc(C)c1NC(=O)c1cncc(C(=O)NC2CCCCCC2)c1. The summed E-state index contributed by atoms with van der Waals surface area (Å²) in [6.45, 7) is 3.91. The van der Waals surface area contributed by atoms with Crippen LogP contribution in [0.1, 0.15) is 70.4 Å². The molecule has 0 atom stereocenters. The van der Waals surface area contributed by atoms with E-state index in [4.69, 9.17) is 0 Å². The van der Waals surface area contributed by atoms with Gasteiger partial charge in [0.25, 0.3) is 11.8 Å². The van der Waals surface area contributed by atoms with Crippen LogP contribution in [0, 0.1) is 13.8 Å². The summed E-state index contributed by atoms with van der Waals surface area (Å²) < 4.78 is 0. The Kier molecular flexibility index (Phi) is 6.22. The van der Waals surface area contributed by atoms with Crippen LogP contribution in [-0.2, 0) is 0 Å². The Morgan fingerprint density at radius 2 is 1.52 bits per heavy atom. The Morgan fingerprint density at radius 1 is 0.926 bits per heavy atom. The highest BCUT2D eigenvalue weighted by atomic mass is 16.2. The second-order valence-corrected chi connectivity index (χ2v) is 7.35. The number of pyridine rings is 1. The predicted molar refractivity (Wildman–Crippen MR) is 107 cm³/mol. The number of nitrogens with zero attached hydrogens (tertiary/aromatic N) is 1. The molecule has 0 radical (unpaired) electrons. The molecule has 2 aromatic rings. The van der Waals surface area contributed by atoms with Crippen molar-refractivity contribution in [3.63, 3.8) is 0 Å². The molecule has 142 valence electrons. The maximum atomic E-state index is 12.6. The number of carbonyl (C=O) groups excluding carboxylic acids is 2. The van der Waals surface area contributed by atoms with Gasteiger partial charge in [-0.2, -0.15) is 0 Å². The average Bonchev–Trinajstić information content (AvgIpc) is 2.93. The number of aromatic nitrogens is 1. The van der Waals surface area contributed by atoms with E-state index in [2.05, 4.69) is 15.6 Å². The van der Waals surface area contributed by atoms with Crippen molar-refractivity contribution in [2.75, 3.05) is 5.32 Å². The van der Waals surface area contributed by atoms with Crippen LogP contribution < -0.4 is 10.6 Å². The van der Waals surface area contributed by atoms with Crippen LogP contribution in [0.5, 0.6) is 0 Å². The van der Waals surface area contributed by atoms with Crippen LogP contribution >= 0.6 is 0 Å². The van der Waals surface area contributed by atoms with Gasteiger partial charge in [-0.25, -0.2) is 0 Å². The summed E-state index contributed by atoms with van der Waals surface area (Å²) in [5.41, 5.74) is 3.60. The molecule has 0 aliphatic heterocycles. The molecule has 1 aromatic carbocycles. The van der Waals surface area contributed by atoms with Crippen molar-refractivity contribution in [1.29, 1.82) is 0 Å². The third-order valence-electron chi connectivity index (χ3n) is 5.17. The molecule has 2 amide bonds. The van der Waals surface area contributed by atoms with Crippen LogP contribution in [0.4, 0.5) is 5.69 Å². The molecule has 5 nitrogen and oxygen atoms in total. The maximum Gasteiger partial charge on any atom is 0.257 e. The highest BCUT2D eigenvalue weighted by Gasteiger charge is 2.17. The van der Waals surface area contributed by atoms with Gasteiger partial charge in [0.1, 0.15) is 0 Å². The van der Waals surface area contributed by atoms with E-state index in [9.17, 15) is 9.59 Å². The fourth-order valence-corrected chi connectivity index (χ4v) is 3.58. The van der Waals surface area contributed by atoms with Crippen molar-refractivity contribution in [2.24, 2.45) is 0 Å². The summed E-state index contributed by atoms with van der Waals surface area (Å²) in [6, 6.07) is 7.70. The molecule has 0 unspecified atom stereocenters. The molecule has 0 bridgehead atoms. The first kappa shape index (κ1) is 19.1. The minimum atomic E-state index is -0.260. The molecule has 2 N–H and O–H groups in total. The highest BCUT2D eigenvalue weighted by Crippen LogP contribution is 2.21.